The lowest BCUT2D eigenvalue weighted by Gasteiger charge is -2.46. The van der Waals surface area contributed by atoms with Crippen molar-refractivity contribution in [1.29, 1.82) is 5.26 Å². The summed E-state index contributed by atoms with van der Waals surface area (Å²) in [4.78, 5) is 11.4. The Hall–Kier alpha value is -2.94. The van der Waals surface area contributed by atoms with E-state index in [1.807, 2.05) is 6.07 Å². The third-order valence-corrected chi connectivity index (χ3v) is 4.55. The Morgan fingerprint density at radius 3 is 2.36 bits per heavy atom. The monoisotopic (exact) mass is 335 g/mol. The van der Waals surface area contributed by atoms with Crippen LogP contribution in [-0.2, 0) is 10.3 Å². The number of aliphatic hydroxyl groups is 1. The standard InChI is InChI=1S/C20H17NO4/c21-12-19(13-25-14-19)20(24,16-7-2-1-3-8-16)11-10-15-6-4-5-9-17(15)18(22)23/h1-11,24H,13-14H2,(H,22,23)/b11-10+/t20-/m0/s1. The van der Waals surface area contributed by atoms with Crippen LogP contribution in [0.25, 0.3) is 6.08 Å². The number of carboxylic acid groups (broad SMARTS) is 1. The Labute approximate surface area is 145 Å². The SMILES string of the molecule is N#CC1([C@](O)(/C=C/c2ccccc2C(=O)O)c2ccccc2)COC1. The van der Waals surface area contributed by atoms with Crippen molar-refractivity contribution in [1.82, 2.24) is 0 Å². The van der Waals surface area contributed by atoms with E-state index in [0.717, 1.165) is 0 Å². The van der Waals surface area contributed by atoms with Gasteiger partial charge in [-0.15, -0.1) is 0 Å². The molecule has 2 aromatic rings. The number of nitriles is 1. The van der Waals surface area contributed by atoms with Gasteiger partial charge >= 0.3 is 5.97 Å². The molecule has 0 aliphatic carbocycles. The highest BCUT2D eigenvalue weighted by Crippen LogP contribution is 2.46. The molecular formula is C20H17NO4. The summed E-state index contributed by atoms with van der Waals surface area (Å²) in [6, 6.07) is 17.6. The normalized spacial score (nSPS) is 18.1. The van der Waals surface area contributed by atoms with Crippen LogP contribution < -0.4 is 0 Å². The molecule has 1 fully saturated rings. The maximum atomic E-state index is 11.4. The van der Waals surface area contributed by atoms with E-state index in [1.165, 1.54) is 12.1 Å². The minimum absolute atomic E-state index is 0.111. The number of hydrogen-bond donors (Lipinski definition) is 2. The molecular weight excluding hydrogens is 318 g/mol. The van der Waals surface area contributed by atoms with Crippen LogP contribution in [0.4, 0.5) is 0 Å². The number of rotatable bonds is 5. The quantitative estimate of drug-likeness (QED) is 0.877. The fraction of sp³-hybridized carbons (Fsp3) is 0.200. The Morgan fingerprint density at radius 2 is 1.80 bits per heavy atom. The van der Waals surface area contributed by atoms with Gasteiger partial charge in [0.25, 0.3) is 0 Å². The zero-order valence-electron chi connectivity index (χ0n) is 13.4. The van der Waals surface area contributed by atoms with Gasteiger partial charge in [0, 0.05) is 0 Å². The average molecular weight is 335 g/mol. The molecule has 0 bridgehead atoms. The smallest absolute Gasteiger partial charge is 0.336 e. The van der Waals surface area contributed by atoms with Crippen molar-refractivity contribution in [2.45, 2.75) is 5.60 Å². The molecule has 5 nitrogen and oxygen atoms in total. The molecule has 2 N–H and O–H groups in total. The lowest BCUT2D eigenvalue weighted by atomic mass is 9.67. The molecule has 0 spiro atoms. The molecule has 0 amide bonds. The summed E-state index contributed by atoms with van der Waals surface area (Å²) in [7, 11) is 0. The summed E-state index contributed by atoms with van der Waals surface area (Å²) >= 11 is 0. The van der Waals surface area contributed by atoms with Crippen molar-refractivity contribution in [3.05, 3.63) is 77.4 Å². The summed E-state index contributed by atoms with van der Waals surface area (Å²) in [5.74, 6) is -1.05. The number of aromatic carboxylic acids is 1. The summed E-state index contributed by atoms with van der Waals surface area (Å²) in [5.41, 5.74) is -1.55. The Morgan fingerprint density at radius 1 is 1.16 bits per heavy atom. The van der Waals surface area contributed by atoms with Crippen molar-refractivity contribution in [2.75, 3.05) is 13.2 Å². The Balaban J connectivity index is 2.09. The zero-order chi connectivity index (χ0) is 17.9. The van der Waals surface area contributed by atoms with E-state index in [-0.39, 0.29) is 18.8 Å². The summed E-state index contributed by atoms with van der Waals surface area (Å²) in [6.45, 7) is 0.222. The number of ether oxygens (including phenoxy) is 1. The minimum atomic E-state index is -1.59. The predicted molar refractivity (Wildman–Crippen MR) is 91.6 cm³/mol. The fourth-order valence-corrected chi connectivity index (χ4v) is 2.95. The van der Waals surface area contributed by atoms with E-state index in [4.69, 9.17) is 4.74 Å². The summed E-state index contributed by atoms with van der Waals surface area (Å²) in [6.07, 6.45) is 3.05. The highest BCUT2D eigenvalue weighted by Gasteiger charge is 2.56. The minimum Gasteiger partial charge on any atom is -0.478 e. The molecule has 1 aliphatic rings. The van der Waals surface area contributed by atoms with Gasteiger partial charge in [-0.1, -0.05) is 54.6 Å². The van der Waals surface area contributed by atoms with Crippen LogP contribution in [0, 0.1) is 16.7 Å². The van der Waals surface area contributed by atoms with Crippen LogP contribution in [0.15, 0.2) is 60.7 Å². The summed E-state index contributed by atoms with van der Waals surface area (Å²) in [5, 5.41) is 30.4. The fourth-order valence-electron chi connectivity index (χ4n) is 2.95. The molecule has 0 saturated carbocycles. The molecule has 0 radical (unpaired) electrons. The van der Waals surface area contributed by atoms with E-state index in [9.17, 15) is 20.3 Å². The molecule has 0 aromatic heterocycles. The van der Waals surface area contributed by atoms with Gasteiger partial charge in [0.05, 0.1) is 24.8 Å². The van der Waals surface area contributed by atoms with E-state index in [2.05, 4.69) is 6.07 Å². The topological polar surface area (TPSA) is 90.5 Å². The van der Waals surface area contributed by atoms with Gasteiger partial charge < -0.3 is 14.9 Å². The van der Waals surface area contributed by atoms with Crippen LogP contribution >= 0.6 is 0 Å². The second kappa shape index (κ2) is 6.52. The highest BCUT2D eigenvalue weighted by atomic mass is 16.5. The average Bonchev–Trinajstić information content (AvgIpc) is 2.60. The van der Waals surface area contributed by atoms with E-state index in [0.29, 0.717) is 11.1 Å². The molecule has 1 saturated heterocycles. The first kappa shape index (κ1) is 16.9. The Bertz CT molecular complexity index is 849. The maximum Gasteiger partial charge on any atom is 0.336 e. The zero-order valence-corrected chi connectivity index (χ0v) is 13.4. The number of nitrogens with zero attached hydrogens (tertiary/aromatic N) is 1. The van der Waals surface area contributed by atoms with Gasteiger partial charge in [-0.2, -0.15) is 5.26 Å². The number of hydrogen-bond acceptors (Lipinski definition) is 4. The molecule has 0 unspecified atom stereocenters. The van der Waals surface area contributed by atoms with Crippen LogP contribution in [0.2, 0.25) is 0 Å². The van der Waals surface area contributed by atoms with Gasteiger partial charge in [0.15, 0.2) is 0 Å². The van der Waals surface area contributed by atoms with Gasteiger partial charge in [0.2, 0.25) is 0 Å². The molecule has 1 heterocycles. The third kappa shape index (κ3) is 2.82. The second-order valence-electron chi connectivity index (χ2n) is 6.04. The first-order valence-electron chi connectivity index (χ1n) is 7.81. The molecule has 2 aromatic carbocycles. The summed E-state index contributed by atoms with van der Waals surface area (Å²) < 4.78 is 5.20. The van der Waals surface area contributed by atoms with Crippen molar-refractivity contribution in [2.24, 2.45) is 5.41 Å². The predicted octanol–water partition coefficient (Wildman–Crippen LogP) is 2.83. The second-order valence-corrected chi connectivity index (χ2v) is 6.04. The van der Waals surface area contributed by atoms with Crippen molar-refractivity contribution < 1.29 is 19.7 Å². The lowest BCUT2D eigenvalue weighted by Crippen LogP contribution is -2.56. The van der Waals surface area contributed by atoms with Crippen LogP contribution in [-0.4, -0.2) is 29.4 Å². The van der Waals surface area contributed by atoms with Crippen LogP contribution in [0.5, 0.6) is 0 Å². The van der Waals surface area contributed by atoms with E-state index < -0.39 is 17.0 Å². The van der Waals surface area contributed by atoms with Crippen LogP contribution in [0.3, 0.4) is 0 Å². The van der Waals surface area contributed by atoms with E-state index in [1.54, 1.807) is 48.5 Å². The van der Waals surface area contributed by atoms with E-state index >= 15 is 0 Å². The molecule has 126 valence electrons. The molecule has 5 heteroatoms. The van der Waals surface area contributed by atoms with Gasteiger partial charge in [-0.25, -0.2) is 4.79 Å². The third-order valence-electron chi connectivity index (χ3n) is 4.55. The molecule has 1 atom stereocenters. The first-order chi connectivity index (χ1) is 12.0. The molecule has 1 aliphatic heterocycles. The van der Waals surface area contributed by atoms with Crippen LogP contribution in [0.1, 0.15) is 21.5 Å². The highest BCUT2D eigenvalue weighted by molar-refractivity contribution is 5.92. The number of carboxylic acids is 1. The van der Waals surface area contributed by atoms with Crippen molar-refractivity contribution in [3.8, 4) is 6.07 Å². The largest absolute Gasteiger partial charge is 0.478 e. The van der Waals surface area contributed by atoms with Crippen molar-refractivity contribution in [3.63, 3.8) is 0 Å². The number of benzene rings is 2. The van der Waals surface area contributed by atoms with Crippen molar-refractivity contribution >= 4 is 12.0 Å². The van der Waals surface area contributed by atoms with Gasteiger partial charge in [-0.3, -0.25) is 0 Å². The Kier molecular flexibility index (Phi) is 4.41. The maximum absolute atomic E-state index is 11.4. The van der Waals surface area contributed by atoms with Gasteiger partial charge in [0.1, 0.15) is 11.0 Å². The lowest BCUT2D eigenvalue weighted by molar-refractivity contribution is -0.174. The molecule has 25 heavy (non-hydrogen) atoms. The first-order valence-corrected chi connectivity index (χ1v) is 7.81. The molecule has 3 rings (SSSR count). The van der Waals surface area contributed by atoms with Gasteiger partial charge in [-0.05, 0) is 23.3 Å². The number of carbonyl (C=O) groups is 1.